The van der Waals surface area contributed by atoms with E-state index < -0.39 is 0 Å². The molecule has 0 atom stereocenters. The van der Waals surface area contributed by atoms with Gasteiger partial charge in [-0.2, -0.15) is 0 Å². The number of methoxy groups -OCH3 is 2. The summed E-state index contributed by atoms with van der Waals surface area (Å²) in [6.07, 6.45) is 6.17. The van der Waals surface area contributed by atoms with Gasteiger partial charge in [0.15, 0.2) is 11.5 Å². The van der Waals surface area contributed by atoms with Crippen LogP contribution in [0.25, 0.3) is 11.0 Å². The van der Waals surface area contributed by atoms with Crippen molar-refractivity contribution in [1.82, 2.24) is 19.1 Å². The third-order valence-electron chi connectivity index (χ3n) is 5.80. The van der Waals surface area contributed by atoms with Gasteiger partial charge in [-0.25, -0.2) is 4.98 Å². The number of benzene rings is 1. The van der Waals surface area contributed by atoms with E-state index in [1.54, 1.807) is 26.7 Å². The van der Waals surface area contributed by atoms with Crippen LogP contribution in [0, 0.1) is 19.3 Å². The molecule has 1 N–H and O–H groups in total. The third-order valence-corrected chi connectivity index (χ3v) is 5.80. The van der Waals surface area contributed by atoms with E-state index in [0.29, 0.717) is 30.1 Å². The van der Waals surface area contributed by atoms with Crippen LogP contribution in [0.2, 0.25) is 0 Å². The van der Waals surface area contributed by atoms with E-state index in [9.17, 15) is 0 Å². The Morgan fingerprint density at radius 3 is 2.55 bits per heavy atom. The summed E-state index contributed by atoms with van der Waals surface area (Å²) in [6, 6.07) is 9.91. The third kappa shape index (κ3) is 3.91. The molecule has 7 nitrogen and oxygen atoms in total. The number of rotatable bonds is 7. The fourth-order valence-electron chi connectivity index (χ4n) is 3.91. The molecule has 0 aliphatic rings. The molecule has 0 fully saturated rings. The molecule has 31 heavy (non-hydrogen) atoms. The maximum absolute atomic E-state index is 8.83. The maximum atomic E-state index is 8.83. The van der Waals surface area contributed by atoms with Gasteiger partial charge in [0.2, 0.25) is 0 Å². The average molecular weight is 418 g/mol. The molecule has 3 aromatic heterocycles. The van der Waals surface area contributed by atoms with Crippen LogP contribution >= 0.6 is 0 Å². The summed E-state index contributed by atoms with van der Waals surface area (Å²) in [4.78, 5) is 8.95. The Bertz CT molecular complexity index is 1270. The molecular weight excluding hydrogens is 390 g/mol. The maximum Gasteiger partial charge on any atom is 0.160 e. The zero-order valence-corrected chi connectivity index (χ0v) is 18.3. The fraction of sp³-hybridized carbons (Fsp3) is 0.292. The topological polar surface area (TPSA) is 78.0 Å². The molecule has 0 aliphatic carbocycles. The number of aromatic nitrogens is 4. The standard InChI is InChI=1S/C24H27N5O2/c1-16-17(2)29(14-19-6-5-10-26-13-19)24-22(16)23(25)28(15-27-24)11-9-18-7-8-20(30-3)21(12-18)31-4/h5-8,10,12-13,15,25H,9,11,14H2,1-4H3. The van der Waals surface area contributed by atoms with Crippen molar-refractivity contribution in [1.29, 1.82) is 5.41 Å². The van der Waals surface area contributed by atoms with E-state index in [0.717, 1.165) is 39.8 Å². The Morgan fingerprint density at radius 2 is 1.84 bits per heavy atom. The van der Waals surface area contributed by atoms with Crippen molar-refractivity contribution in [3.63, 3.8) is 0 Å². The molecule has 4 rings (SSSR count). The highest BCUT2D eigenvalue weighted by atomic mass is 16.5. The second-order valence-corrected chi connectivity index (χ2v) is 7.58. The second-order valence-electron chi connectivity index (χ2n) is 7.58. The van der Waals surface area contributed by atoms with Crippen molar-refractivity contribution in [2.45, 2.75) is 33.4 Å². The first-order valence-corrected chi connectivity index (χ1v) is 10.2. The number of pyridine rings is 1. The van der Waals surface area contributed by atoms with Gasteiger partial charge in [0.25, 0.3) is 0 Å². The summed E-state index contributed by atoms with van der Waals surface area (Å²) >= 11 is 0. The van der Waals surface area contributed by atoms with Crippen LogP contribution in [0.5, 0.6) is 11.5 Å². The molecule has 0 saturated carbocycles. The van der Waals surface area contributed by atoms with Gasteiger partial charge in [-0.3, -0.25) is 10.4 Å². The number of ether oxygens (including phenoxy) is 2. The number of aryl methyl sites for hydroxylation is 3. The van der Waals surface area contributed by atoms with Gasteiger partial charge in [-0.15, -0.1) is 0 Å². The van der Waals surface area contributed by atoms with E-state index in [4.69, 9.17) is 19.9 Å². The highest BCUT2D eigenvalue weighted by Crippen LogP contribution is 2.28. The minimum Gasteiger partial charge on any atom is -0.493 e. The Labute approximate surface area is 181 Å². The average Bonchev–Trinajstić information content (AvgIpc) is 3.04. The van der Waals surface area contributed by atoms with Gasteiger partial charge in [0, 0.05) is 24.6 Å². The summed E-state index contributed by atoms with van der Waals surface area (Å²) in [7, 11) is 3.27. The van der Waals surface area contributed by atoms with Crippen LogP contribution in [-0.2, 0) is 19.5 Å². The molecule has 3 heterocycles. The van der Waals surface area contributed by atoms with Crippen molar-refractivity contribution in [2.24, 2.45) is 0 Å². The number of fused-ring (bicyclic) bond motifs is 1. The Kier molecular flexibility index (Phi) is 5.75. The van der Waals surface area contributed by atoms with Crippen molar-refractivity contribution in [3.05, 3.63) is 76.9 Å². The van der Waals surface area contributed by atoms with Crippen LogP contribution in [0.3, 0.4) is 0 Å². The van der Waals surface area contributed by atoms with Crippen molar-refractivity contribution >= 4 is 11.0 Å². The van der Waals surface area contributed by atoms with E-state index in [-0.39, 0.29) is 0 Å². The van der Waals surface area contributed by atoms with Crippen LogP contribution < -0.4 is 15.0 Å². The van der Waals surface area contributed by atoms with E-state index in [1.807, 2.05) is 35.0 Å². The smallest absolute Gasteiger partial charge is 0.160 e. The van der Waals surface area contributed by atoms with Crippen LogP contribution in [0.15, 0.2) is 49.1 Å². The summed E-state index contributed by atoms with van der Waals surface area (Å²) < 4.78 is 14.8. The number of nitrogens with one attached hydrogen (secondary N) is 1. The lowest BCUT2D eigenvalue weighted by molar-refractivity contribution is 0.354. The van der Waals surface area contributed by atoms with Gasteiger partial charge >= 0.3 is 0 Å². The predicted octanol–water partition coefficient (Wildman–Crippen LogP) is 3.64. The van der Waals surface area contributed by atoms with Crippen LogP contribution in [-0.4, -0.2) is 33.3 Å². The van der Waals surface area contributed by atoms with Crippen LogP contribution in [0.4, 0.5) is 0 Å². The van der Waals surface area contributed by atoms with Gasteiger partial charge in [0.1, 0.15) is 11.1 Å². The molecule has 1 aromatic carbocycles. The van der Waals surface area contributed by atoms with E-state index in [1.165, 1.54) is 0 Å². The fourth-order valence-corrected chi connectivity index (χ4v) is 3.91. The molecule has 0 amide bonds. The quantitative estimate of drug-likeness (QED) is 0.498. The highest BCUT2D eigenvalue weighted by molar-refractivity contribution is 5.80. The molecule has 0 aliphatic heterocycles. The molecule has 0 radical (unpaired) electrons. The summed E-state index contributed by atoms with van der Waals surface area (Å²) in [6.45, 7) is 5.49. The lowest BCUT2D eigenvalue weighted by atomic mass is 10.1. The molecule has 0 bridgehead atoms. The molecule has 4 aromatic rings. The van der Waals surface area contributed by atoms with Crippen molar-refractivity contribution in [3.8, 4) is 11.5 Å². The Hall–Kier alpha value is -3.61. The summed E-state index contributed by atoms with van der Waals surface area (Å²) in [5, 5.41) is 9.73. The number of nitrogens with zero attached hydrogens (tertiary/aromatic N) is 4. The monoisotopic (exact) mass is 417 g/mol. The first-order valence-electron chi connectivity index (χ1n) is 10.2. The SMILES string of the molecule is COc1ccc(CCn2cnc3c(c(C)c(C)n3Cc3cccnc3)c2=N)cc1OC. The Balaban J connectivity index is 1.64. The first kappa shape index (κ1) is 20.7. The lowest BCUT2D eigenvalue weighted by Crippen LogP contribution is -2.22. The zero-order chi connectivity index (χ0) is 22.0. The minimum absolute atomic E-state index is 0.482. The predicted molar refractivity (Wildman–Crippen MR) is 120 cm³/mol. The first-order chi connectivity index (χ1) is 15.0. The molecule has 0 saturated heterocycles. The molecule has 0 unspecified atom stereocenters. The van der Waals surface area contributed by atoms with Crippen molar-refractivity contribution < 1.29 is 9.47 Å². The second kappa shape index (κ2) is 8.63. The largest absolute Gasteiger partial charge is 0.493 e. The van der Waals surface area contributed by atoms with Crippen LogP contribution in [0.1, 0.15) is 22.4 Å². The highest BCUT2D eigenvalue weighted by Gasteiger charge is 2.15. The van der Waals surface area contributed by atoms with Gasteiger partial charge in [0.05, 0.1) is 32.5 Å². The summed E-state index contributed by atoms with van der Waals surface area (Å²) in [5.74, 6) is 1.42. The molecule has 160 valence electrons. The summed E-state index contributed by atoms with van der Waals surface area (Å²) in [5.41, 5.74) is 5.77. The Morgan fingerprint density at radius 1 is 1.03 bits per heavy atom. The normalized spacial score (nSPS) is 11.1. The molecule has 7 heteroatoms. The number of hydrogen-bond acceptors (Lipinski definition) is 5. The van der Waals surface area contributed by atoms with Gasteiger partial charge < -0.3 is 18.6 Å². The number of hydrogen-bond donors (Lipinski definition) is 1. The molecule has 0 spiro atoms. The van der Waals surface area contributed by atoms with Gasteiger partial charge in [-0.1, -0.05) is 12.1 Å². The molecular formula is C24H27N5O2. The zero-order valence-electron chi connectivity index (χ0n) is 18.3. The minimum atomic E-state index is 0.482. The van der Waals surface area contributed by atoms with Crippen molar-refractivity contribution in [2.75, 3.05) is 14.2 Å². The van der Waals surface area contributed by atoms with Gasteiger partial charge in [-0.05, 0) is 55.2 Å². The lowest BCUT2D eigenvalue weighted by Gasteiger charge is -2.11. The van der Waals surface area contributed by atoms with E-state index in [2.05, 4.69) is 29.5 Å². The van der Waals surface area contributed by atoms with E-state index >= 15 is 0 Å².